The largest absolute Gasteiger partial charge is 0.454 e. The lowest BCUT2D eigenvalue weighted by Crippen LogP contribution is -2.37. The van der Waals surface area contributed by atoms with Crippen LogP contribution in [-0.2, 0) is 0 Å². The first-order valence-corrected chi connectivity index (χ1v) is 9.66. The van der Waals surface area contributed by atoms with E-state index in [0.717, 1.165) is 24.0 Å². The Hall–Kier alpha value is -1.92. The number of nitrogens with zero attached hydrogens (tertiary/aromatic N) is 1. The fourth-order valence-corrected chi connectivity index (χ4v) is 3.56. The highest BCUT2D eigenvalue weighted by Crippen LogP contribution is 2.30. The van der Waals surface area contributed by atoms with Gasteiger partial charge in [0, 0.05) is 35.2 Å². The third-order valence-corrected chi connectivity index (χ3v) is 5.38. The topological polar surface area (TPSA) is 41.6 Å². The number of benzene rings is 2. The summed E-state index contributed by atoms with van der Waals surface area (Å²) in [5.41, 5.74) is 0.315. The van der Waals surface area contributed by atoms with Crippen LogP contribution in [0.1, 0.15) is 29.6 Å². The first kappa shape index (κ1) is 17.5. The summed E-state index contributed by atoms with van der Waals surface area (Å²) >= 11 is 3.34. The maximum absolute atomic E-state index is 14.3. The van der Waals surface area contributed by atoms with Crippen molar-refractivity contribution in [2.75, 3.05) is 13.1 Å². The molecule has 1 aliphatic carbocycles. The maximum Gasteiger partial charge on any atom is 0.251 e. The van der Waals surface area contributed by atoms with Crippen molar-refractivity contribution in [2.24, 2.45) is 0 Å². The molecule has 1 saturated carbocycles. The Kier molecular flexibility index (Phi) is 4.96. The number of hydrogen-bond acceptors (Lipinski definition) is 3. The molecule has 136 valence electrons. The number of amides is 1. The number of rotatable bonds is 5. The molecule has 1 aliphatic heterocycles. The summed E-state index contributed by atoms with van der Waals surface area (Å²) in [5.74, 6) is -0.145. The fraction of sp³-hybridized carbons (Fsp3) is 0.350. The second kappa shape index (κ2) is 7.37. The van der Waals surface area contributed by atoms with Gasteiger partial charge >= 0.3 is 0 Å². The van der Waals surface area contributed by atoms with Crippen molar-refractivity contribution in [1.82, 2.24) is 10.2 Å². The van der Waals surface area contributed by atoms with Crippen LogP contribution in [0.15, 0.2) is 46.9 Å². The van der Waals surface area contributed by atoms with E-state index < -0.39 is 5.82 Å². The van der Waals surface area contributed by atoms with E-state index in [1.54, 1.807) is 18.2 Å². The molecule has 2 aromatic carbocycles. The van der Waals surface area contributed by atoms with Crippen LogP contribution in [-0.4, -0.2) is 36.0 Å². The van der Waals surface area contributed by atoms with Crippen molar-refractivity contribution < 1.29 is 13.9 Å². The second-order valence-corrected chi connectivity index (χ2v) is 7.80. The van der Waals surface area contributed by atoms with Crippen LogP contribution >= 0.6 is 15.9 Å². The van der Waals surface area contributed by atoms with E-state index in [1.165, 1.54) is 25.0 Å². The number of carbonyl (C=O) groups excluding carboxylic acids is 1. The zero-order chi connectivity index (χ0) is 18.1. The molecule has 2 aliphatic rings. The second-order valence-electron chi connectivity index (χ2n) is 6.89. The number of nitrogens with one attached hydrogen (secondary N) is 1. The van der Waals surface area contributed by atoms with Gasteiger partial charge in [-0.2, -0.15) is 0 Å². The van der Waals surface area contributed by atoms with Gasteiger partial charge in [-0.25, -0.2) is 4.39 Å². The molecule has 0 radical (unpaired) electrons. The molecule has 1 amide bonds. The number of ether oxygens (including phenoxy) is 1. The number of likely N-dealkylation sites (tertiary alicyclic amines) is 1. The van der Waals surface area contributed by atoms with Crippen LogP contribution in [0.25, 0.3) is 0 Å². The summed E-state index contributed by atoms with van der Waals surface area (Å²) in [6.45, 7) is 1.92. The minimum absolute atomic E-state index is 0.102. The molecular weight excluding hydrogens is 399 g/mol. The fourth-order valence-electron chi connectivity index (χ4n) is 3.30. The molecule has 2 fully saturated rings. The van der Waals surface area contributed by atoms with Crippen molar-refractivity contribution in [1.29, 1.82) is 0 Å². The van der Waals surface area contributed by atoms with E-state index >= 15 is 0 Å². The van der Waals surface area contributed by atoms with Gasteiger partial charge in [-0.05, 0) is 61.7 Å². The molecule has 0 aromatic heterocycles. The van der Waals surface area contributed by atoms with Crippen molar-refractivity contribution in [3.05, 3.63) is 58.3 Å². The highest BCUT2D eigenvalue weighted by atomic mass is 79.9. The van der Waals surface area contributed by atoms with Gasteiger partial charge in [-0.1, -0.05) is 15.9 Å². The Morgan fingerprint density at radius 2 is 1.92 bits per heavy atom. The third kappa shape index (κ3) is 4.07. The summed E-state index contributed by atoms with van der Waals surface area (Å²) in [6.07, 6.45) is 3.49. The van der Waals surface area contributed by atoms with Gasteiger partial charge in [0.25, 0.3) is 5.91 Å². The minimum Gasteiger partial charge on any atom is -0.454 e. The lowest BCUT2D eigenvalue weighted by Gasteiger charge is -2.16. The maximum atomic E-state index is 14.3. The van der Waals surface area contributed by atoms with E-state index in [-0.39, 0.29) is 17.7 Å². The van der Waals surface area contributed by atoms with Crippen LogP contribution in [0.4, 0.5) is 4.39 Å². The zero-order valence-corrected chi connectivity index (χ0v) is 15.8. The summed E-state index contributed by atoms with van der Waals surface area (Å²) in [5, 5.41) is 3.02. The van der Waals surface area contributed by atoms with E-state index in [4.69, 9.17) is 4.74 Å². The van der Waals surface area contributed by atoms with Gasteiger partial charge in [-0.15, -0.1) is 0 Å². The van der Waals surface area contributed by atoms with Crippen LogP contribution in [0.3, 0.4) is 0 Å². The molecule has 0 spiro atoms. The number of hydrogen-bond donors (Lipinski definition) is 1. The summed E-state index contributed by atoms with van der Waals surface area (Å²) in [6, 6.07) is 12.3. The molecule has 6 heteroatoms. The molecule has 1 saturated heterocycles. The van der Waals surface area contributed by atoms with Gasteiger partial charge < -0.3 is 10.1 Å². The van der Waals surface area contributed by atoms with Crippen molar-refractivity contribution in [3.63, 3.8) is 0 Å². The van der Waals surface area contributed by atoms with Gasteiger partial charge in [-0.3, -0.25) is 9.69 Å². The Morgan fingerprint density at radius 1 is 1.15 bits per heavy atom. The lowest BCUT2D eigenvalue weighted by atomic mass is 10.1. The van der Waals surface area contributed by atoms with E-state index in [0.29, 0.717) is 17.4 Å². The summed E-state index contributed by atoms with van der Waals surface area (Å²) in [7, 11) is 0. The van der Waals surface area contributed by atoms with Gasteiger partial charge in [0.05, 0.1) is 0 Å². The Bertz CT molecular complexity index is 808. The van der Waals surface area contributed by atoms with Crippen molar-refractivity contribution in [2.45, 2.75) is 31.3 Å². The van der Waals surface area contributed by atoms with Crippen molar-refractivity contribution in [3.8, 4) is 11.5 Å². The molecule has 4 rings (SSSR count). The molecule has 1 heterocycles. The molecular formula is C20H20BrFN2O2. The quantitative estimate of drug-likeness (QED) is 0.784. The monoisotopic (exact) mass is 418 g/mol. The highest BCUT2D eigenvalue weighted by Gasteiger charge is 2.34. The van der Waals surface area contributed by atoms with Crippen LogP contribution in [0.5, 0.6) is 11.5 Å². The van der Waals surface area contributed by atoms with Crippen LogP contribution in [0.2, 0.25) is 0 Å². The lowest BCUT2D eigenvalue weighted by molar-refractivity contribution is 0.0937. The SMILES string of the molecule is O=C(NC1CCN(C2CC2)C1)c1ccc(Oc2ccc(Br)cc2)c(F)c1. The van der Waals surface area contributed by atoms with Crippen molar-refractivity contribution >= 4 is 21.8 Å². The average molecular weight is 419 g/mol. The molecule has 26 heavy (non-hydrogen) atoms. The first-order chi connectivity index (χ1) is 12.6. The highest BCUT2D eigenvalue weighted by molar-refractivity contribution is 9.10. The minimum atomic E-state index is -0.549. The Labute approximate surface area is 160 Å². The normalized spacial score (nSPS) is 20.2. The summed E-state index contributed by atoms with van der Waals surface area (Å²) in [4.78, 5) is 14.8. The van der Waals surface area contributed by atoms with Gasteiger partial charge in [0.1, 0.15) is 5.75 Å². The van der Waals surface area contributed by atoms with E-state index in [9.17, 15) is 9.18 Å². The average Bonchev–Trinajstić information content (AvgIpc) is 3.38. The Morgan fingerprint density at radius 3 is 2.62 bits per heavy atom. The zero-order valence-electron chi connectivity index (χ0n) is 14.3. The predicted octanol–water partition coefficient (Wildman–Crippen LogP) is 4.35. The third-order valence-electron chi connectivity index (χ3n) is 4.85. The van der Waals surface area contributed by atoms with Crippen LogP contribution in [0, 0.1) is 5.82 Å². The number of carbonyl (C=O) groups is 1. The molecule has 1 atom stereocenters. The van der Waals surface area contributed by atoms with Gasteiger partial charge in [0.15, 0.2) is 11.6 Å². The smallest absolute Gasteiger partial charge is 0.251 e. The Balaban J connectivity index is 1.38. The van der Waals surface area contributed by atoms with Crippen LogP contribution < -0.4 is 10.1 Å². The number of halogens is 2. The first-order valence-electron chi connectivity index (χ1n) is 8.86. The van der Waals surface area contributed by atoms with Gasteiger partial charge in [0.2, 0.25) is 0 Å². The van der Waals surface area contributed by atoms with E-state index in [1.807, 2.05) is 12.1 Å². The molecule has 0 bridgehead atoms. The molecule has 1 N–H and O–H groups in total. The van der Waals surface area contributed by atoms with E-state index in [2.05, 4.69) is 26.1 Å². The predicted molar refractivity (Wildman–Crippen MR) is 101 cm³/mol. The standard InChI is InChI=1S/C20H20BrFN2O2/c21-14-2-6-17(7-3-14)26-19-8-1-13(11-18(19)22)20(25)23-15-9-10-24(12-15)16-4-5-16/h1-3,6-8,11,15-16H,4-5,9-10,12H2,(H,23,25). The molecule has 2 aromatic rings. The summed E-state index contributed by atoms with van der Waals surface area (Å²) < 4.78 is 20.8. The molecule has 4 nitrogen and oxygen atoms in total. The molecule has 1 unspecified atom stereocenters.